The van der Waals surface area contributed by atoms with Crippen molar-refractivity contribution in [3.63, 3.8) is 0 Å². The number of aromatic nitrogens is 2. The smallest absolute Gasteiger partial charge is 0.420 e. The Balaban J connectivity index is 0.000000254. The maximum Gasteiger partial charge on any atom is 0.420 e. The van der Waals surface area contributed by atoms with Crippen LogP contribution in [0.4, 0.5) is 9.59 Å². The maximum absolute atomic E-state index is 13.5. The Morgan fingerprint density at radius 1 is 0.568 bits per heavy atom. The van der Waals surface area contributed by atoms with Crippen molar-refractivity contribution in [2.75, 3.05) is 26.2 Å². The minimum atomic E-state index is -0.827. The highest BCUT2D eigenvalue weighted by Gasteiger charge is 2.32. The molecule has 8 rings (SSSR count). The summed E-state index contributed by atoms with van der Waals surface area (Å²) in [5.41, 5.74) is 17.2. The van der Waals surface area contributed by atoms with Gasteiger partial charge >= 0.3 is 18.2 Å². The van der Waals surface area contributed by atoms with Gasteiger partial charge in [-0.2, -0.15) is 0 Å². The van der Waals surface area contributed by atoms with Crippen LogP contribution in [0.5, 0.6) is 0 Å². The van der Waals surface area contributed by atoms with Crippen molar-refractivity contribution in [3.05, 3.63) is 213 Å². The molecule has 2 aliphatic heterocycles. The van der Waals surface area contributed by atoms with E-state index < -0.39 is 29.4 Å². The van der Waals surface area contributed by atoms with E-state index in [0.29, 0.717) is 55.8 Å². The van der Waals surface area contributed by atoms with Gasteiger partial charge in [-0.1, -0.05) is 97.1 Å². The molecule has 81 heavy (non-hydrogen) atoms. The molecule has 0 atom stereocenters. The van der Waals surface area contributed by atoms with Crippen molar-refractivity contribution < 1.29 is 43.3 Å². The summed E-state index contributed by atoms with van der Waals surface area (Å²) < 4.78 is 16.4. The monoisotopic (exact) mass is 1100 g/mol. The third-order valence-electron chi connectivity index (χ3n) is 13.6. The number of esters is 1. The van der Waals surface area contributed by atoms with Gasteiger partial charge in [0, 0.05) is 64.4 Å². The van der Waals surface area contributed by atoms with Crippen LogP contribution in [0.15, 0.2) is 146 Å². The number of hydrogen-bond donors (Lipinski definition) is 2. The molecular formula is C66H76N6O9. The summed E-state index contributed by atoms with van der Waals surface area (Å²) in [6.07, 6.45) is 14.0. The zero-order valence-electron chi connectivity index (χ0n) is 47.8. The molecule has 0 saturated heterocycles. The highest BCUT2D eigenvalue weighted by Crippen LogP contribution is 2.31. The molecule has 0 fully saturated rings. The fraction of sp³-hybridized carbons (Fsp3) is 0.348. The number of nitrogens with zero attached hydrogens (tertiary/aromatic N) is 5. The van der Waals surface area contributed by atoms with Gasteiger partial charge in [-0.15, -0.1) is 0 Å². The van der Waals surface area contributed by atoms with Gasteiger partial charge in [0.25, 0.3) is 11.8 Å². The number of nitrogens with two attached hydrogens (primary N) is 1. The Morgan fingerprint density at radius 3 is 1.44 bits per heavy atom. The number of carbonyl (C=O) groups excluding carboxylic acids is 5. The van der Waals surface area contributed by atoms with Crippen molar-refractivity contribution in [2.45, 2.75) is 124 Å². The standard InChI is InChI=1S/C39H47N3O7.C27H29N3O2/c1-27(43)47-26-32-16-15-30(25-42(36(45)48-38(2,3)4)37(46)49-39(5,6)7)22-34(32)31-17-19-41(20-18-31)35(44)33-21-29(23-40-24-33)14-13-28-11-9-8-10-12-28;28-16-21-8-9-24(19-31)26(15-21)23-10-12-30(13-11-23)27(32)25-14-22(17-29-18-25)7-6-20-4-2-1-3-5-20/h8-12,15-17,21-24H,13-14,18-20,25-26H2,1-7H3;1-5,8-10,14-15,17-18,31H,6-7,11-13,16,19,28H2. The molecule has 424 valence electrons. The Morgan fingerprint density at radius 2 is 1.01 bits per heavy atom. The van der Waals surface area contributed by atoms with Gasteiger partial charge in [-0.25, -0.2) is 14.5 Å². The Bertz CT molecular complexity index is 3190. The van der Waals surface area contributed by atoms with E-state index in [4.69, 9.17) is 19.9 Å². The molecule has 0 unspecified atom stereocenters. The fourth-order valence-corrected chi connectivity index (χ4v) is 9.44. The fourth-order valence-electron chi connectivity index (χ4n) is 9.44. The van der Waals surface area contributed by atoms with Crippen LogP contribution in [0.1, 0.15) is 138 Å². The van der Waals surface area contributed by atoms with E-state index in [-0.39, 0.29) is 31.6 Å². The highest BCUT2D eigenvalue weighted by atomic mass is 16.6. The van der Waals surface area contributed by atoms with Crippen LogP contribution in [0.2, 0.25) is 0 Å². The Hall–Kier alpha value is -8.27. The molecule has 0 bridgehead atoms. The quantitative estimate of drug-likeness (QED) is 0.0689. The predicted molar refractivity (Wildman–Crippen MR) is 313 cm³/mol. The molecule has 0 radical (unpaired) electrons. The maximum atomic E-state index is 13.5. The van der Waals surface area contributed by atoms with E-state index in [9.17, 15) is 29.1 Å². The topological polar surface area (TPSA) is 195 Å². The summed E-state index contributed by atoms with van der Waals surface area (Å²) in [5.74, 6) is -0.499. The number of carbonyl (C=O) groups is 5. The van der Waals surface area contributed by atoms with Gasteiger partial charge in [0.2, 0.25) is 0 Å². The third-order valence-corrected chi connectivity index (χ3v) is 13.6. The molecule has 4 aromatic carbocycles. The molecule has 6 aromatic rings. The lowest BCUT2D eigenvalue weighted by atomic mass is 9.93. The molecule has 15 heteroatoms. The van der Waals surface area contributed by atoms with Crippen LogP contribution in [-0.2, 0) is 71.0 Å². The van der Waals surface area contributed by atoms with E-state index in [2.05, 4.69) is 46.4 Å². The van der Waals surface area contributed by atoms with Crippen LogP contribution in [0.25, 0.3) is 11.1 Å². The molecular weight excluding hydrogens is 1020 g/mol. The van der Waals surface area contributed by atoms with Crippen molar-refractivity contribution in [1.82, 2.24) is 24.7 Å². The lowest BCUT2D eigenvalue weighted by molar-refractivity contribution is -0.142. The van der Waals surface area contributed by atoms with E-state index in [1.165, 1.54) is 18.1 Å². The van der Waals surface area contributed by atoms with E-state index in [0.717, 1.165) is 87.1 Å². The number of pyridine rings is 2. The summed E-state index contributed by atoms with van der Waals surface area (Å²) in [5, 5.41) is 9.71. The average molecular weight is 1100 g/mol. The first kappa shape index (κ1) is 60.4. The second-order valence-electron chi connectivity index (χ2n) is 22.3. The Kier molecular flexibility index (Phi) is 21.0. The summed E-state index contributed by atoms with van der Waals surface area (Å²) >= 11 is 0. The lowest BCUT2D eigenvalue weighted by Gasteiger charge is -2.29. The van der Waals surface area contributed by atoms with E-state index >= 15 is 0 Å². The van der Waals surface area contributed by atoms with Crippen LogP contribution >= 0.6 is 0 Å². The number of aryl methyl sites for hydroxylation is 4. The van der Waals surface area contributed by atoms with Crippen LogP contribution < -0.4 is 5.73 Å². The summed E-state index contributed by atoms with van der Waals surface area (Å²) in [4.78, 5) is 77.8. The number of imide groups is 1. The minimum Gasteiger partial charge on any atom is -0.461 e. The zero-order valence-corrected chi connectivity index (χ0v) is 47.8. The first-order valence-corrected chi connectivity index (χ1v) is 27.6. The van der Waals surface area contributed by atoms with Crippen LogP contribution in [-0.4, -0.2) is 97.1 Å². The average Bonchev–Trinajstić information content (AvgIpc) is 3.53. The zero-order chi connectivity index (χ0) is 58.1. The normalized spacial score (nSPS) is 13.4. The molecule has 3 N–H and O–H groups in total. The number of benzene rings is 4. The largest absolute Gasteiger partial charge is 0.461 e. The van der Waals surface area contributed by atoms with Gasteiger partial charge in [-0.3, -0.25) is 24.4 Å². The molecule has 4 heterocycles. The molecule has 2 aromatic heterocycles. The SMILES string of the molecule is CC(=O)OCc1ccc(CN(C(=O)OC(C)(C)C)C(=O)OC(C)(C)C)cc1C1=CCN(C(=O)c2cncc(CCc3ccccc3)c2)CC1.NCc1ccc(CO)c(C2=CCN(C(=O)c3cncc(CCc4ccccc4)c3)CC2)c1. The lowest BCUT2D eigenvalue weighted by Crippen LogP contribution is -2.43. The number of rotatable bonds is 16. The van der Waals surface area contributed by atoms with Crippen molar-refractivity contribution in [2.24, 2.45) is 5.73 Å². The predicted octanol–water partition coefficient (Wildman–Crippen LogP) is 11.3. The third kappa shape index (κ3) is 18.1. The van der Waals surface area contributed by atoms with E-state index in [1.54, 1.807) is 71.1 Å². The van der Waals surface area contributed by atoms with Gasteiger partial charge in [0.15, 0.2) is 0 Å². The second-order valence-corrected chi connectivity index (χ2v) is 22.3. The molecule has 15 nitrogen and oxygen atoms in total. The first-order chi connectivity index (χ1) is 38.7. The molecule has 0 aliphatic carbocycles. The van der Waals surface area contributed by atoms with Gasteiger partial charge in [-0.05, 0) is 171 Å². The van der Waals surface area contributed by atoms with Crippen LogP contribution in [0, 0.1) is 0 Å². The minimum absolute atomic E-state index is 0.00690. The summed E-state index contributed by atoms with van der Waals surface area (Å²) in [6, 6.07) is 35.8. The van der Waals surface area contributed by atoms with Gasteiger partial charge in [0.1, 0.15) is 17.8 Å². The first-order valence-electron chi connectivity index (χ1n) is 27.6. The number of hydrogen-bond acceptors (Lipinski definition) is 12. The number of aliphatic hydroxyl groups excluding tert-OH is 1. The molecule has 4 amide bonds. The van der Waals surface area contributed by atoms with Crippen molar-refractivity contribution >= 4 is 41.1 Å². The molecule has 0 spiro atoms. The van der Waals surface area contributed by atoms with Gasteiger partial charge in [0.05, 0.1) is 24.3 Å². The van der Waals surface area contributed by atoms with Gasteiger partial charge < -0.3 is 34.9 Å². The second kappa shape index (κ2) is 28.2. The number of ether oxygens (including phenoxy) is 3. The summed E-state index contributed by atoms with van der Waals surface area (Å²) in [6.45, 7) is 14.1. The Labute approximate surface area is 476 Å². The van der Waals surface area contributed by atoms with Crippen LogP contribution in [0.3, 0.4) is 0 Å². The summed E-state index contributed by atoms with van der Waals surface area (Å²) in [7, 11) is 0. The van der Waals surface area contributed by atoms with Crippen molar-refractivity contribution in [1.29, 1.82) is 0 Å². The highest BCUT2D eigenvalue weighted by molar-refractivity contribution is 5.95. The number of amides is 4. The van der Waals surface area contributed by atoms with E-state index in [1.807, 2.05) is 90.0 Å². The van der Waals surface area contributed by atoms with Crippen molar-refractivity contribution in [3.8, 4) is 0 Å². The molecule has 2 aliphatic rings. The molecule has 0 saturated carbocycles. The number of aliphatic hydroxyl groups is 1.